The Morgan fingerprint density at radius 2 is 2.11 bits per heavy atom. The van der Waals surface area contributed by atoms with Crippen molar-refractivity contribution in [3.8, 4) is 6.07 Å². The van der Waals surface area contributed by atoms with Gasteiger partial charge in [0, 0.05) is 5.75 Å². The van der Waals surface area contributed by atoms with Gasteiger partial charge in [0.1, 0.15) is 5.25 Å². The van der Waals surface area contributed by atoms with E-state index >= 15 is 0 Å². The summed E-state index contributed by atoms with van der Waals surface area (Å²) < 4.78 is 5.22. The standard InChI is InChI=1S/C15H19NO2S/c1-4-14(15(17)18-11(2)3)19-10-13-8-6-5-7-12(13)9-16/h5-8,11,14H,4,10H2,1-3H3. The summed E-state index contributed by atoms with van der Waals surface area (Å²) >= 11 is 1.53. The molecule has 0 bridgehead atoms. The van der Waals surface area contributed by atoms with Crippen LogP contribution in [-0.2, 0) is 15.3 Å². The largest absolute Gasteiger partial charge is 0.462 e. The molecule has 3 nitrogen and oxygen atoms in total. The minimum absolute atomic E-state index is 0.0893. The zero-order valence-electron chi connectivity index (χ0n) is 11.6. The van der Waals surface area contributed by atoms with Crippen molar-refractivity contribution < 1.29 is 9.53 Å². The van der Waals surface area contributed by atoms with Crippen LogP contribution in [0, 0.1) is 11.3 Å². The topological polar surface area (TPSA) is 50.1 Å². The van der Waals surface area contributed by atoms with Crippen molar-refractivity contribution in [2.75, 3.05) is 0 Å². The number of carbonyl (C=O) groups excluding carboxylic acids is 1. The number of carbonyl (C=O) groups is 1. The van der Waals surface area contributed by atoms with Gasteiger partial charge in [-0.05, 0) is 31.9 Å². The van der Waals surface area contributed by atoms with Gasteiger partial charge in [0.25, 0.3) is 0 Å². The highest BCUT2D eigenvalue weighted by Crippen LogP contribution is 2.23. The Kier molecular flexibility index (Phi) is 6.44. The molecule has 0 aromatic heterocycles. The minimum Gasteiger partial charge on any atom is -0.462 e. The molecule has 102 valence electrons. The number of nitriles is 1. The van der Waals surface area contributed by atoms with Gasteiger partial charge in [-0.2, -0.15) is 5.26 Å². The molecule has 0 N–H and O–H groups in total. The fourth-order valence-electron chi connectivity index (χ4n) is 1.61. The number of hydrogen-bond acceptors (Lipinski definition) is 4. The van der Waals surface area contributed by atoms with E-state index < -0.39 is 0 Å². The highest BCUT2D eigenvalue weighted by Gasteiger charge is 2.20. The van der Waals surface area contributed by atoms with Gasteiger partial charge in [0.15, 0.2) is 0 Å². The van der Waals surface area contributed by atoms with Gasteiger partial charge in [-0.25, -0.2) is 0 Å². The van der Waals surface area contributed by atoms with Crippen molar-refractivity contribution >= 4 is 17.7 Å². The Balaban J connectivity index is 2.63. The van der Waals surface area contributed by atoms with Crippen molar-refractivity contribution in [3.05, 3.63) is 35.4 Å². The molecule has 1 unspecified atom stereocenters. The number of ether oxygens (including phenoxy) is 1. The summed E-state index contributed by atoms with van der Waals surface area (Å²) in [6.07, 6.45) is 0.638. The fourth-order valence-corrected chi connectivity index (χ4v) is 2.67. The molecule has 0 amide bonds. The van der Waals surface area contributed by atoms with Gasteiger partial charge >= 0.3 is 5.97 Å². The second-order valence-electron chi connectivity index (χ2n) is 4.46. The molecule has 0 saturated carbocycles. The Morgan fingerprint density at radius 3 is 2.68 bits per heavy atom. The van der Waals surface area contributed by atoms with E-state index in [0.717, 1.165) is 12.0 Å². The second kappa shape index (κ2) is 7.85. The number of benzene rings is 1. The molecule has 1 aromatic rings. The molecule has 0 spiro atoms. The first-order valence-electron chi connectivity index (χ1n) is 6.38. The molecule has 0 radical (unpaired) electrons. The van der Waals surface area contributed by atoms with Crippen molar-refractivity contribution in [1.82, 2.24) is 0 Å². The average molecular weight is 277 g/mol. The monoisotopic (exact) mass is 277 g/mol. The fraction of sp³-hybridized carbons (Fsp3) is 0.467. The molecule has 0 aliphatic rings. The summed E-state index contributed by atoms with van der Waals surface area (Å²) in [5.41, 5.74) is 1.63. The number of hydrogen-bond donors (Lipinski definition) is 0. The van der Waals surface area contributed by atoms with Crippen LogP contribution in [0.2, 0.25) is 0 Å². The van der Waals surface area contributed by atoms with Gasteiger partial charge in [-0.1, -0.05) is 25.1 Å². The Hall–Kier alpha value is -1.47. The summed E-state index contributed by atoms with van der Waals surface area (Å²) in [5.74, 6) is 0.479. The summed E-state index contributed by atoms with van der Waals surface area (Å²) in [6.45, 7) is 5.66. The maximum Gasteiger partial charge on any atom is 0.319 e. The van der Waals surface area contributed by atoms with Crippen LogP contribution >= 0.6 is 11.8 Å². The number of esters is 1. The van der Waals surface area contributed by atoms with Crippen LogP contribution in [0.3, 0.4) is 0 Å². The molecular weight excluding hydrogens is 258 g/mol. The maximum atomic E-state index is 11.9. The van der Waals surface area contributed by atoms with Gasteiger partial charge in [0.2, 0.25) is 0 Å². The van der Waals surface area contributed by atoms with Crippen LogP contribution in [0.15, 0.2) is 24.3 Å². The molecule has 1 atom stereocenters. The average Bonchev–Trinajstić information content (AvgIpc) is 2.39. The zero-order chi connectivity index (χ0) is 14.3. The first-order valence-corrected chi connectivity index (χ1v) is 7.43. The lowest BCUT2D eigenvalue weighted by molar-refractivity contribution is -0.146. The molecule has 0 aliphatic carbocycles. The van der Waals surface area contributed by atoms with E-state index in [4.69, 9.17) is 10.00 Å². The molecule has 0 heterocycles. The molecule has 0 aliphatic heterocycles. The van der Waals surface area contributed by atoms with Crippen molar-refractivity contribution in [1.29, 1.82) is 5.26 Å². The van der Waals surface area contributed by atoms with E-state index in [2.05, 4.69) is 6.07 Å². The first kappa shape index (κ1) is 15.6. The van der Waals surface area contributed by atoms with E-state index in [1.54, 1.807) is 6.07 Å². The highest BCUT2D eigenvalue weighted by molar-refractivity contribution is 7.99. The molecule has 0 saturated heterocycles. The van der Waals surface area contributed by atoms with Crippen LogP contribution < -0.4 is 0 Å². The summed E-state index contributed by atoms with van der Waals surface area (Å²) in [5, 5.41) is 8.85. The third-order valence-corrected chi connectivity index (χ3v) is 3.97. The summed E-state index contributed by atoms with van der Waals surface area (Å²) in [4.78, 5) is 11.9. The van der Waals surface area contributed by atoms with Crippen LogP contribution in [0.25, 0.3) is 0 Å². The van der Waals surface area contributed by atoms with E-state index in [1.807, 2.05) is 39.0 Å². The van der Waals surface area contributed by atoms with Gasteiger partial charge < -0.3 is 4.74 Å². The van der Waals surface area contributed by atoms with E-state index in [1.165, 1.54) is 11.8 Å². The second-order valence-corrected chi connectivity index (χ2v) is 5.65. The van der Waals surface area contributed by atoms with Crippen molar-refractivity contribution in [2.24, 2.45) is 0 Å². The minimum atomic E-state index is -0.172. The Morgan fingerprint density at radius 1 is 1.42 bits per heavy atom. The number of nitrogens with zero attached hydrogens (tertiary/aromatic N) is 1. The Bertz CT molecular complexity index is 465. The smallest absolute Gasteiger partial charge is 0.319 e. The van der Waals surface area contributed by atoms with E-state index in [9.17, 15) is 4.79 Å². The number of rotatable bonds is 6. The molecule has 0 fully saturated rings. The SMILES string of the molecule is CCC(SCc1ccccc1C#N)C(=O)OC(C)C. The Labute approximate surface area is 119 Å². The highest BCUT2D eigenvalue weighted by atomic mass is 32.2. The lowest BCUT2D eigenvalue weighted by Crippen LogP contribution is -2.23. The predicted molar refractivity (Wildman–Crippen MR) is 77.8 cm³/mol. The molecular formula is C15H19NO2S. The van der Waals surface area contributed by atoms with Crippen molar-refractivity contribution in [3.63, 3.8) is 0 Å². The lowest BCUT2D eigenvalue weighted by atomic mass is 10.1. The quantitative estimate of drug-likeness (QED) is 0.746. The van der Waals surface area contributed by atoms with Crippen LogP contribution in [-0.4, -0.2) is 17.3 Å². The molecule has 1 rings (SSSR count). The van der Waals surface area contributed by atoms with Crippen LogP contribution in [0.1, 0.15) is 38.3 Å². The van der Waals surface area contributed by atoms with Gasteiger partial charge in [0.05, 0.1) is 17.7 Å². The molecule has 4 heteroatoms. The molecule has 1 aromatic carbocycles. The first-order chi connectivity index (χ1) is 9.08. The molecule has 19 heavy (non-hydrogen) atoms. The summed E-state index contributed by atoms with van der Waals surface area (Å²) in [7, 11) is 0. The van der Waals surface area contributed by atoms with Gasteiger partial charge in [-0.15, -0.1) is 11.8 Å². The summed E-state index contributed by atoms with van der Waals surface area (Å²) in [6, 6.07) is 9.64. The van der Waals surface area contributed by atoms with E-state index in [0.29, 0.717) is 11.3 Å². The lowest BCUT2D eigenvalue weighted by Gasteiger charge is -2.16. The number of thioether (sulfide) groups is 1. The third-order valence-electron chi connectivity index (χ3n) is 2.56. The van der Waals surface area contributed by atoms with Crippen molar-refractivity contribution in [2.45, 2.75) is 44.3 Å². The predicted octanol–water partition coefficient (Wildman–Crippen LogP) is 3.52. The van der Waals surface area contributed by atoms with Gasteiger partial charge in [-0.3, -0.25) is 4.79 Å². The van der Waals surface area contributed by atoms with E-state index in [-0.39, 0.29) is 17.3 Å². The van der Waals surface area contributed by atoms with Crippen LogP contribution in [0.4, 0.5) is 0 Å². The third kappa shape index (κ3) is 4.96. The maximum absolute atomic E-state index is 11.9. The normalized spacial score (nSPS) is 11.9. The van der Waals surface area contributed by atoms with Crippen LogP contribution in [0.5, 0.6) is 0 Å². The zero-order valence-corrected chi connectivity index (χ0v) is 12.4.